The second-order valence-corrected chi connectivity index (χ2v) is 7.53. The number of benzene rings is 2. The average Bonchev–Trinajstić information content (AvgIpc) is 3.02. The first-order valence-corrected chi connectivity index (χ1v) is 10.2. The molecule has 0 aliphatic carbocycles. The standard InChI is InChI=1S/C24H28N2O5/c1-5-31-19-11-7-9-17(15-19)22(27)20-21(16-8-6-10-18(14-16)30-4)26(13-12-25(2)3)24(29)23(20)28/h6-11,14-15,21,27H,5,12-13H2,1-4H3. The minimum atomic E-state index is -0.717. The first kappa shape index (κ1) is 22.4. The number of Topliss-reactive ketones (excluding diaryl/α,β-unsaturated/α-hetero) is 1. The summed E-state index contributed by atoms with van der Waals surface area (Å²) in [5, 5.41) is 11.1. The maximum atomic E-state index is 13.0. The normalized spacial score (nSPS) is 18.0. The summed E-state index contributed by atoms with van der Waals surface area (Å²) in [4.78, 5) is 29.4. The van der Waals surface area contributed by atoms with E-state index in [0.29, 0.717) is 42.3 Å². The van der Waals surface area contributed by atoms with Crippen LogP contribution >= 0.6 is 0 Å². The number of aliphatic hydroxyl groups excluding tert-OH is 1. The third-order valence-electron chi connectivity index (χ3n) is 5.16. The van der Waals surface area contributed by atoms with Crippen molar-refractivity contribution in [1.82, 2.24) is 9.80 Å². The molecular formula is C24H28N2O5. The Labute approximate surface area is 182 Å². The van der Waals surface area contributed by atoms with Gasteiger partial charge in [0.2, 0.25) is 0 Å². The van der Waals surface area contributed by atoms with Gasteiger partial charge in [-0.15, -0.1) is 0 Å². The molecule has 7 nitrogen and oxygen atoms in total. The van der Waals surface area contributed by atoms with Crippen LogP contribution in [0.3, 0.4) is 0 Å². The van der Waals surface area contributed by atoms with Crippen molar-refractivity contribution in [2.75, 3.05) is 40.9 Å². The number of ether oxygens (including phenoxy) is 2. The molecule has 31 heavy (non-hydrogen) atoms. The van der Waals surface area contributed by atoms with Gasteiger partial charge in [0.25, 0.3) is 11.7 Å². The van der Waals surface area contributed by atoms with Crippen LogP contribution in [0.4, 0.5) is 0 Å². The molecule has 0 radical (unpaired) electrons. The van der Waals surface area contributed by atoms with Gasteiger partial charge in [0, 0.05) is 18.7 Å². The Morgan fingerprint density at radius 3 is 2.48 bits per heavy atom. The molecular weight excluding hydrogens is 396 g/mol. The van der Waals surface area contributed by atoms with Crippen LogP contribution < -0.4 is 9.47 Å². The van der Waals surface area contributed by atoms with E-state index in [1.165, 1.54) is 4.90 Å². The van der Waals surface area contributed by atoms with Crippen LogP contribution in [0.25, 0.3) is 5.76 Å². The van der Waals surface area contributed by atoms with E-state index >= 15 is 0 Å². The molecule has 7 heteroatoms. The zero-order valence-corrected chi connectivity index (χ0v) is 18.3. The Kier molecular flexibility index (Phi) is 6.97. The number of nitrogens with zero attached hydrogens (tertiary/aromatic N) is 2. The summed E-state index contributed by atoms with van der Waals surface area (Å²) in [6.45, 7) is 3.26. The highest BCUT2D eigenvalue weighted by Crippen LogP contribution is 2.40. The van der Waals surface area contributed by atoms with E-state index < -0.39 is 17.7 Å². The van der Waals surface area contributed by atoms with Gasteiger partial charge in [0.05, 0.1) is 25.3 Å². The summed E-state index contributed by atoms with van der Waals surface area (Å²) in [5.74, 6) is -0.372. The van der Waals surface area contributed by atoms with Gasteiger partial charge in [0.1, 0.15) is 17.3 Å². The maximum Gasteiger partial charge on any atom is 0.295 e. The number of rotatable bonds is 8. The highest BCUT2D eigenvalue weighted by Gasteiger charge is 2.46. The number of hydrogen-bond donors (Lipinski definition) is 1. The molecule has 1 aliphatic heterocycles. The van der Waals surface area contributed by atoms with Crippen molar-refractivity contribution in [2.45, 2.75) is 13.0 Å². The number of likely N-dealkylation sites (N-methyl/N-ethyl adjacent to an activating group) is 1. The number of methoxy groups -OCH3 is 1. The predicted octanol–water partition coefficient (Wildman–Crippen LogP) is 3.08. The summed E-state index contributed by atoms with van der Waals surface area (Å²) < 4.78 is 10.8. The average molecular weight is 424 g/mol. The maximum absolute atomic E-state index is 13.0. The van der Waals surface area contributed by atoms with E-state index in [1.807, 2.05) is 32.0 Å². The smallest absolute Gasteiger partial charge is 0.295 e. The first-order chi connectivity index (χ1) is 14.9. The lowest BCUT2D eigenvalue weighted by Crippen LogP contribution is -2.35. The molecule has 1 atom stereocenters. The summed E-state index contributed by atoms with van der Waals surface area (Å²) >= 11 is 0. The fourth-order valence-electron chi connectivity index (χ4n) is 3.63. The van der Waals surface area contributed by atoms with Gasteiger partial charge < -0.3 is 24.4 Å². The van der Waals surface area contributed by atoms with Crippen molar-refractivity contribution >= 4 is 17.4 Å². The van der Waals surface area contributed by atoms with E-state index in [1.54, 1.807) is 49.6 Å². The monoisotopic (exact) mass is 424 g/mol. The van der Waals surface area contributed by atoms with Gasteiger partial charge in [-0.25, -0.2) is 0 Å². The van der Waals surface area contributed by atoms with Crippen LogP contribution in [0.1, 0.15) is 24.1 Å². The molecule has 3 rings (SSSR count). The molecule has 1 heterocycles. The molecule has 1 aliphatic rings. The number of aliphatic hydroxyl groups is 1. The summed E-state index contributed by atoms with van der Waals surface area (Å²) in [5.41, 5.74) is 1.18. The minimum Gasteiger partial charge on any atom is -0.507 e. The number of likely N-dealkylation sites (tertiary alicyclic amines) is 1. The van der Waals surface area contributed by atoms with E-state index in [4.69, 9.17) is 9.47 Å². The topological polar surface area (TPSA) is 79.3 Å². The molecule has 0 spiro atoms. The Balaban J connectivity index is 2.15. The number of ketones is 1. The summed E-state index contributed by atoms with van der Waals surface area (Å²) in [6.07, 6.45) is 0. The SMILES string of the molecule is CCOc1cccc(C(O)=C2C(=O)C(=O)N(CCN(C)C)C2c2cccc(OC)c2)c1. The molecule has 1 unspecified atom stereocenters. The molecule has 164 valence electrons. The van der Waals surface area contributed by atoms with E-state index in [2.05, 4.69) is 0 Å². The van der Waals surface area contributed by atoms with Crippen molar-refractivity contribution < 1.29 is 24.2 Å². The van der Waals surface area contributed by atoms with Gasteiger partial charge in [-0.3, -0.25) is 9.59 Å². The van der Waals surface area contributed by atoms with Crippen molar-refractivity contribution in [3.8, 4) is 11.5 Å². The largest absolute Gasteiger partial charge is 0.507 e. The van der Waals surface area contributed by atoms with Crippen molar-refractivity contribution in [1.29, 1.82) is 0 Å². The molecule has 1 saturated heterocycles. The van der Waals surface area contributed by atoms with Crippen molar-refractivity contribution in [2.24, 2.45) is 0 Å². The third kappa shape index (κ3) is 4.72. The van der Waals surface area contributed by atoms with Crippen LogP contribution in [0.15, 0.2) is 54.1 Å². The molecule has 2 aromatic carbocycles. The number of amides is 1. The van der Waals surface area contributed by atoms with Gasteiger partial charge >= 0.3 is 0 Å². The summed E-state index contributed by atoms with van der Waals surface area (Å²) in [6, 6.07) is 13.3. The van der Waals surface area contributed by atoms with Crippen LogP contribution in [0, 0.1) is 0 Å². The summed E-state index contributed by atoms with van der Waals surface area (Å²) in [7, 11) is 5.36. The Bertz CT molecular complexity index is 999. The highest BCUT2D eigenvalue weighted by atomic mass is 16.5. The van der Waals surface area contributed by atoms with Gasteiger partial charge in [-0.1, -0.05) is 24.3 Å². The number of carbonyl (C=O) groups excluding carboxylic acids is 2. The van der Waals surface area contributed by atoms with E-state index in [0.717, 1.165) is 0 Å². The Morgan fingerprint density at radius 2 is 1.81 bits per heavy atom. The van der Waals surface area contributed by atoms with Crippen molar-refractivity contribution in [3.63, 3.8) is 0 Å². The lowest BCUT2D eigenvalue weighted by Gasteiger charge is -2.26. The predicted molar refractivity (Wildman–Crippen MR) is 118 cm³/mol. The first-order valence-electron chi connectivity index (χ1n) is 10.2. The van der Waals surface area contributed by atoms with Crippen LogP contribution in [0.5, 0.6) is 11.5 Å². The van der Waals surface area contributed by atoms with Crippen LogP contribution in [-0.4, -0.2) is 67.5 Å². The lowest BCUT2D eigenvalue weighted by molar-refractivity contribution is -0.140. The molecule has 1 fully saturated rings. The molecule has 2 aromatic rings. The fourth-order valence-corrected chi connectivity index (χ4v) is 3.63. The van der Waals surface area contributed by atoms with E-state index in [9.17, 15) is 14.7 Å². The quantitative estimate of drug-likeness (QED) is 0.399. The number of carbonyl (C=O) groups is 2. The van der Waals surface area contributed by atoms with E-state index in [-0.39, 0.29) is 11.3 Å². The molecule has 1 amide bonds. The van der Waals surface area contributed by atoms with Gasteiger partial charge in [-0.05, 0) is 50.8 Å². The molecule has 1 N–H and O–H groups in total. The second kappa shape index (κ2) is 9.66. The lowest BCUT2D eigenvalue weighted by atomic mass is 9.95. The van der Waals surface area contributed by atoms with Crippen molar-refractivity contribution in [3.05, 3.63) is 65.2 Å². The molecule has 0 saturated carbocycles. The zero-order chi connectivity index (χ0) is 22.5. The van der Waals surface area contributed by atoms with Gasteiger partial charge in [-0.2, -0.15) is 0 Å². The highest BCUT2D eigenvalue weighted by molar-refractivity contribution is 6.46. The second-order valence-electron chi connectivity index (χ2n) is 7.53. The minimum absolute atomic E-state index is 0.0608. The Morgan fingerprint density at radius 1 is 1.10 bits per heavy atom. The fraction of sp³-hybridized carbons (Fsp3) is 0.333. The molecule has 0 bridgehead atoms. The molecule has 0 aromatic heterocycles. The van der Waals surface area contributed by atoms with Crippen LogP contribution in [0.2, 0.25) is 0 Å². The number of hydrogen-bond acceptors (Lipinski definition) is 6. The van der Waals surface area contributed by atoms with Gasteiger partial charge in [0.15, 0.2) is 0 Å². The zero-order valence-electron chi connectivity index (χ0n) is 18.3. The van der Waals surface area contributed by atoms with Crippen LogP contribution in [-0.2, 0) is 9.59 Å². The third-order valence-corrected chi connectivity index (χ3v) is 5.16. The Hall–Kier alpha value is -3.32.